The summed E-state index contributed by atoms with van der Waals surface area (Å²) in [5, 5.41) is 3.50. The van der Waals surface area contributed by atoms with E-state index >= 15 is 0 Å². The third kappa shape index (κ3) is 4.39. The first kappa shape index (κ1) is 20.0. The summed E-state index contributed by atoms with van der Waals surface area (Å²) in [7, 11) is 3.34. The quantitative estimate of drug-likeness (QED) is 0.574. The molecule has 2 aromatic carbocycles. The van der Waals surface area contributed by atoms with Crippen molar-refractivity contribution < 1.29 is 9.47 Å². The number of ether oxygens (including phenoxy) is 2. The molecule has 3 rings (SSSR count). The lowest BCUT2D eigenvalue weighted by atomic mass is 10.2. The second kappa shape index (κ2) is 9.46. The topological polar surface area (TPSA) is 51.5 Å². The normalized spacial score (nSPS) is 11.2. The van der Waals surface area contributed by atoms with Crippen LogP contribution in [0.15, 0.2) is 42.5 Å². The molecule has 0 radical (unpaired) electrons. The average Bonchev–Trinajstić information content (AvgIpc) is 3.10. The van der Waals surface area contributed by atoms with Crippen LogP contribution in [-0.4, -0.2) is 48.3 Å². The molecular weight excluding hydrogens is 352 g/mol. The van der Waals surface area contributed by atoms with Crippen LogP contribution in [-0.2, 0) is 13.1 Å². The largest absolute Gasteiger partial charge is 0.497 e. The number of nitrogens with one attached hydrogen (secondary N) is 1. The molecule has 3 aromatic rings. The van der Waals surface area contributed by atoms with Gasteiger partial charge in [0.15, 0.2) is 0 Å². The number of hydrogen-bond donors (Lipinski definition) is 1. The summed E-state index contributed by atoms with van der Waals surface area (Å²) in [5.74, 6) is 2.47. The smallest absolute Gasteiger partial charge is 0.204 e. The van der Waals surface area contributed by atoms with Crippen LogP contribution in [0.2, 0.25) is 0 Å². The predicted octanol–water partition coefficient (Wildman–Crippen LogP) is 4.01. The molecule has 1 aromatic heterocycles. The fraction of sp³-hybridized carbons (Fsp3) is 0.409. The molecule has 0 fully saturated rings. The summed E-state index contributed by atoms with van der Waals surface area (Å²) in [6, 6.07) is 14.2. The van der Waals surface area contributed by atoms with Gasteiger partial charge in [0.1, 0.15) is 11.5 Å². The molecule has 0 spiro atoms. The molecule has 0 aliphatic heterocycles. The molecule has 0 bridgehead atoms. The number of rotatable bonds is 10. The number of aromatic nitrogens is 2. The maximum atomic E-state index is 5.52. The summed E-state index contributed by atoms with van der Waals surface area (Å²) >= 11 is 0. The lowest BCUT2D eigenvalue weighted by molar-refractivity contribution is 0.292. The van der Waals surface area contributed by atoms with E-state index in [9.17, 15) is 0 Å². The third-order valence-corrected chi connectivity index (χ3v) is 5.12. The van der Waals surface area contributed by atoms with Crippen LogP contribution in [0.4, 0.5) is 5.95 Å². The predicted molar refractivity (Wildman–Crippen MR) is 114 cm³/mol. The molecule has 0 amide bonds. The van der Waals surface area contributed by atoms with Crippen molar-refractivity contribution in [2.75, 3.05) is 39.2 Å². The zero-order valence-electron chi connectivity index (χ0n) is 17.2. The molecule has 1 N–H and O–H groups in total. The zero-order valence-corrected chi connectivity index (χ0v) is 17.2. The van der Waals surface area contributed by atoms with Crippen molar-refractivity contribution >= 4 is 17.0 Å². The van der Waals surface area contributed by atoms with Gasteiger partial charge in [0.25, 0.3) is 0 Å². The van der Waals surface area contributed by atoms with Crippen molar-refractivity contribution in [2.45, 2.75) is 26.9 Å². The van der Waals surface area contributed by atoms with Crippen LogP contribution in [0.5, 0.6) is 11.5 Å². The summed E-state index contributed by atoms with van der Waals surface area (Å²) in [6.07, 6.45) is 0. The van der Waals surface area contributed by atoms with Gasteiger partial charge in [-0.25, -0.2) is 4.98 Å². The Morgan fingerprint density at radius 1 is 1.04 bits per heavy atom. The number of hydrogen-bond acceptors (Lipinski definition) is 5. The van der Waals surface area contributed by atoms with Crippen LogP contribution in [0.25, 0.3) is 11.0 Å². The molecule has 0 saturated heterocycles. The van der Waals surface area contributed by atoms with Crippen LogP contribution in [0, 0.1) is 0 Å². The van der Waals surface area contributed by atoms with Gasteiger partial charge in [-0.3, -0.25) is 0 Å². The van der Waals surface area contributed by atoms with Gasteiger partial charge in [0.2, 0.25) is 5.95 Å². The molecule has 1 heterocycles. The minimum Gasteiger partial charge on any atom is -0.497 e. The van der Waals surface area contributed by atoms with Crippen molar-refractivity contribution in [1.29, 1.82) is 0 Å². The van der Waals surface area contributed by atoms with Crippen molar-refractivity contribution in [3.8, 4) is 11.5 Å². The second-order valence-electron chi connectivity index (χ2n) is 6.63. The molecule has 6 nitrogen and oxygen atoms in total. The minimum absolute atomic E-state index is 0.627. The molecule has 0 aliphatic carbocycles. The van der Waals surface area contributed by atoms with Crippen molar-refractivity contribution in [3.05, 3.63) is 48.0 Å². The highest BCUT2D eigenvalue weighted by Crippen LogP contribution is 2.26. The van der Waals surface area contributed by atoms with Crippen LogP contribution >= 0.6 is 0 Å². The molecule has 0 atom stereocenters. The average molecular weight is 383 g/mol. The lowest BCUT2D eigenvalue weighted by Gasteiger charge is -2.19. The maximum absolute atomic E-state index is 5.52. The van der Waals surface area contributed by atoms with Gasteiger partial charge in [0, 0.05) is 31.3 Å². The summed E-state index contributed by atoms with van der Waals surface area (Å²) < 4.78 is 13.1. The SMILES string of the molecule is CCN(CC)CCn1c(NCc2ccc(OC)cc2OC)nc2ccccc21. The van der Waals surface area contributed by atoms with Gasteiger partial charge in [-0.1, -0.05) is 26.0 Å². The Hall–Kier alpha value is -2.73. The fourth-order valence-corrected chi connectivity index (χ4v) is 3.39. The van der Waals surface area contributed by atoms with E-state index in [1.54, 1.807) is 14.2 Å². The number of nitrogens with zero attached hydrogens (tertiary/aromatic N) is 3. The van der Waals surface area contributed by atoms with Gasteiger partial charge in [-0.05, 0) is 37.4 Å². The van der Waals surface area contributed by atoms with Gasteiger partial charge < -0.3 is 24.3 Å². The van der Waals surface area contributed by atoms with E-state index in [1.165, 1.54) is 0 Å². The third-order valence-electron chi connectivity index (χ3n) is 5.12. The number of methoxy groups -OCH3 is 2. The van der Waals surface area contributed by atoms with Crippen molar-refractivity contribution in [1.82, 2.24) is 14.5 Å². The minimum atomic E-state index is 0.627. The second-order valence-corrected chi connectivity index (χ2v) is 6.63. The standard InChI is InChI=1S/C22H30N4O2/c1-5-25(6-2)13-14-26-20-10-8-7-9-19(20)24-22(26)23-16-17-11-12-18(27-3)15-21(17)28-4/h7-12,15H,5-6,13-14,16H2,1-4H3,(H,23,24). The number of fused-ring (bicyclic) bond motifs is 1. The lowest BCUT2D eigenvalue weighted by Crippen LogP contribution is -2.27. The number of imidazole rings is 1. The first-order valence-electron chi connectivity index (χ1n) is 9.82. The van der Waals surface area contributed by atoms with Crippen molar-refractivity contribution in [3.63, 3.8) is 0 Å². The summed E-state index contributed by atoms with van der Waals surface area (Å²) in [5.41, 5.74) is 3.22. The summed E-state index contributed by atoms with van der Waals surface area (Å²) in [6.45, 7) is 9.01. The van der Waals surface area contributed by atoms with E-state index in [4.69, 9.17) is 14.5 Å². The number of benzene rings is 2. The van der Waals surface area contributed by atoms with Crippen LogP contribution < -0.4 is 14.8 Å². The van der Waals surface area contributed by atoms with E-state index in [0.717, 1.165) is 60.2 Å². The molecule has 0 unspecified atom stereocenters. The summed E-state index contributed by atoms with van der Waals surface area (Å²) in [4.78, 5) is 7.24. The number of anilines is 1. The van der Waals surface area contributed by atoms with Crippen molar-refractivity contribution in [2.24, 2.45) is 0 Å². The Morgan fingerprint density at radius 3 is 2.54 bits per heavy atom. The first-order chi connectivity index (χ1) is 13.7. The van der Waals surface area contributed by atoms with Crippen LogP contribution in [0.3, 0.4) is 0 Å². The molecule has 0 aliphatic rings. The Bertz CT molecular complexity index is 903. The Labute approximate surface area is 167 Å². The molecule has 28 heavy (non-hydrogen) atoms. The Balaban J connectivity index is 1.83. The Kier molecular flexibility index (Phi) is 6.76. The number of para-hydroxylation sites is 2. The van der Waals surface area contributed by atoms with Gasteiger partial charge >= 0.3 is 0 Å². The van der Waals surface area contributed by atoms with E-state index in [1.807, 2.05) is 24.3 Å². The Morgan fingerprint density at radius 2 is 1.82 bits per heavy atom. The first-order valence-corrected chi connectivity index (χ1v) is 9.82. The van der Waals surface area contributed by atoms with E-state index < -0.39 is 0 Å². The van der Waals surface area contributed by atoms with Gasteiger partial charge in [-0.2, -0.15) is 0 Å². The molecule has 150 valence electrons. The van der Waals surface area contributed by atoms with Gasteiger partial charge in [0.05, 0.1) is 25.3 Å². The molecular formula is C22H30N4O2. The zero-order chi connectivity index (χ0) is 19.9. The van der Waals surface area contributed by atoms with Gasteiger partial charge in [-0.15, -0.1) is 0 Å². The van der Waals surface area contributed by atoms with Crippen LogP contribution in [0.1, 0.15) is 19.4 Å². The monoisotopic (exact) mass is 382 g/mol. The fourth-order valence-electron chi connectivity index (χ4n) is 3.39. The van der Waals surface area contributed by atoms with E-state index in [0.29, 0.717) is 6.54 Å². The van der Waals surface area contributed by atoms with E-state index in [2.05, 4.69) is 46.8 Å². The highest BCUT2D eigenvalue weighted by Gasteiger charge is 2.12. The molecule has 0 saturated carbocycles. The highest BCUT2D eigenvalue weighted by atomic mass is 16.5. The maximum Gasteiger partial charge on any atom is 0.204 e. The van der Waals surface area contributed by atoms with E-state index in [-0.39, 0.29) is 0 Å². The highest BCUT2D eigenvalue weighted by molar-refractivity contribution is 5.78. The number of likely N-dealkylation sites (N-methyl/N-ethyl adjacent to an activating group) is 1. The molecule has 6 heteroatoms.